The predicted octanol–water partition coefficient (Wildman–Crippen LogP) is 4.21. The molecule has 126 valence electrons. The van der Waals surface area contributed by atoms with Crippen LogP contribution in [0.2, 0.25) is 5.02 Å². The van der Waals surface area contributed by atoms with Crippen molar-refractivity contribution < 1.29 is 8.78 Å². The Bertz CT molecular complexity index is 492. The summed E-state index contributed by atoms with van der Waals surface area (Å²) in [5, 5.41) is 3.29. The molecular weight excluding hydrogens is 353 g/mol. The first-order valence-corrected chi connectivity index (χ1v) is 7.63. The van der Waals surface area contributed by atoms with Gasteiger partial charge in [-0.2, -0.15) is 0 Å². The molecule has 0 radical (unpaired) electrons. The molecule has 1 aliphatic heterocycles. The molecule has 0 spiro atoms. The van der Waals surface area contributed by atoms with Gasteiger partial charge in [0.15, 0.2) is 0 Å². The van der Waals surface area contributed by atoms with Gasteiger partial charge in [0.2, 0.25) is 0 Å². The van der Waals surface area contributed by atoms with Crippen LogP contribution in [0.3, 0.4) is 0 Å². The highest BCUT2D eigenvalue weighted by atomic mass is 35.5. The quantitative estimate of drug-likeness (QED) is 0.795. The van der Waals surface area contributed by atoms with Crippen molar-refractivity contribution in [2.24, 2.45) is 5.92 Å². The molecule has 2 fully saturated rings. The van der Waals surface area contributed by atoms with Crippen LogP contribution in [0.4, 0.5) is 8.78 Å². The number of hydrogen-bond donors (Lipinski definition) is 1. The highest BCUT2D eigenvalue weighted by Gasteiger charge is 2.34. The molecule has 1 atom stereocenters. The van der Waals surface area contributed by atoms with Crippen LogP contribution in [0.1, 0.15) is 30.9 Å². The fourth-order valence-electron chi connectivity index (χ4n) is 2.96. The van der Waals surface area contributed by atoms with Gasteiger partial charge < -0.3 is 5.32 Å². The molecule has 2 nitrogen and oxygen atoms in total. The Morgan fingerprint density at radius 1 is 1.18 bits per heavy atom. The summed E-state index contributed by atoms with van der Waals surface area (Å²) in [5.41, 5.74) is 0.159. The predicted molar refractivity (Wildman–Crippen MR) is 90.4 cm³/mol. The molecule has 0 aromatic heterocycles. The van der Waals surface area contributed by atoms with Crippen LogP contribution in [0.5, 0.6) is 0 Å². The monoisotopic (exact) mass is 372 g/mol. The van der Waals surface area contributed by atoms with Gasteiger partial charge in [-0.15, -0.1) is 24.8 Å². The minimum Gasteiger partial charge on any atom is -0.314 e. The molecule has 0 unspecified atom stereocenters. The molecular formula is C15H21Cl3F2N2. The third-order valence-electron chi connectivity index (χ3n) is 4.26. The molecule has 1 aromatic rings. The van der Waals surface area contributed by atoms with Crippen molar-refractivity contribution in [2.45, 2.75) is 25.3 Å². The highest BCUT2D eigenvalue weighted by molar-refractivity contribution is 6.30. The minimum atomic E-state index is -0.587. The summed E-state index contributed by atoms with van der Waals surface area (Å²) in [4.78, 5) is 2.19. The standard InChI is InChI=1S/C15H19ClF2N2.2ClH/c16-11-3-4-12(17)14(15(11)18)13(9-10-1-2-10)20-7-5-19-6-8-20;;/h3-4,10,13,19H,1-2,5-9H2;2*1H/t13-;;/m1../s1. The number of halogens is 5. The summed E-state index contributed by atoms with van der Waals surface area (Å²) in [7, 11) is 0. The Balaban J connectivity index is 0.00000121. The minimum absolute atomic E-state index is 0. The molecule has 2 aliphatic rings. The number of rotatable bonds is 4. The van der Waals surface area contributed by atoms with E-state index < -0.39 is 11.6 Å². The van der Waals surface area contributed by atoms with E-state index in [0.717, 1.165) is 32.6 Å². The molecule has 3 rings (SSSR count). The Labute approximate surface area is 147 Å². The van der Waals surface area contributed by atoms with Crippen LogP contribution in [0.15, 0.2) is 12.1 Å². The van der Waals surface area contributed by atoms with Gasteiger partial charge in [0.25, 0.3) is 0 Å². The van der Waals surface area contributed by atoms with E-state index >= 15 is 0 Å². The summed E-state index contributed by atoms with van der Waals surface area (Å²) < 4.78 is 28.5. The maximum absolute atomic E-state index is 14.3. The lowest BCUT2D eigenvalue weighted by Crippen LogP contribution is -2.45. The van der Waals surface area contributed by atoms with Crippen molar-refractivity contribution in [1.82, 2.24) is 10.2 Å². The summed E-state index contributed by atoms with van der Waals surface area (Å²) in [6.45, 7) is 3.38. The van der Waals surface area contributed by atoms with Gasteiger partial charge in [-0.1, -0.05) is 24.4 Å². The molecule has 0 bridgehead atoms. The van der Waals surface area contributed by atoms with Gasteiger partial charge in [-0.3, -0.25) is 4.90 Å². The SMILES string of the molecule is Cl.Cl.Fc1ccc(Cl)c(F)c1[C@@H](CC1CC1)N1CCNCC1. The molecule has 7 heteroatoms. The Morgan fingerprint density at radius 2 is 1.82 bits per heavy atom. The average Bonchev–Trinajstić information content (AvgIpc) is 3.27. The normalized spacial score (nSPS) is 20.0. The molecule has 1 saturated carbocycles. The number of benzene rings is 1. The summed E-state index contributed by atoms with van der Waals surface area (Å²) >= 11 is 5.85. The van der Waals surface area contributed by atoms with Crippen LogP contribution in [-0.4, -0.2) is 31.1 Å². The molecule has 22 heavy (non-hydrogen) atoms. The first kappa shape index (κ1) is 19.9. The Morgan fingerprint density at radius 3 is 2.41 bits per heavy atom. The van der Waals surface area contributed by atoms with E-state index in [-0.39, 0.29) is 41.4 Å². The average molecular weight is 374 g/mol. The van der Waals surface area contributed by atoms with Gasteiger partial charge in [-0.05, 0) is 24.5 Å². The second kappa shape index (κ2) is 8.65. The molecule has 1 saturated heterocycles. The van der Waals surface area contributed by atoms with Crippen LogP contribution in [0, 0.1) is 17.6 Å². The van der Waals surface area contributed by atoms with Crippen LogP contribution >= 0.6 is 36.4 Å². The number of nitrogens with one attached hydrogen (secondary N) is 1. The van der Waals surface area contributed by atoms with E-state index in [1.165, 1.54) is 25.0 Å². The van der Waals surface area contributed by atoms with Gasteiger partial charge in [0.05, 0.1) is 5.02 Å². The molecule has 1 aliphatic carbocycles. The van der Waals surface area contributed by atoms with E-state index in [4.69, 9.17) is 11.6 Å². The maximum Gasteiger partial charge on any atom is 0.149 e. The second-order valence-electron chi connectivity index (χ2n) is 5.74. The lowest BCUT2D eigenvalue weighted by atomic mass is 9.97. The summed E-state index contributed by atoms with van der Waals surface area (Å²) in [5.74, 6) is -0.459. The third-order valence-corrected chi connectivity index (χ3v) is 4.55. The molecule has 1 aromatic carbocycles. The number of hydrogen-bond acceptors (Lipinski definition) is 2. The Hall–Kier alpha value is -0.130. The fraction of sp³-hybridized carbons (Fsp3) is 0.600. The largest absolute Gasteiger partial charge is 0.314 e. The zero-order valence-electron chi connectivity index (χ0n) is 12.2. The van der Waals surface area contributed by atoms with Crippen LogP contribution < -0.4 is 5.32 Å². The summed E-state index contributed by atoms with van der Waals surface area (Å²) in [6, 6.07) is 2.38. The zero-order chi connectivity index (χ0) is 14.1. The fourth-order valence-corrected chi connectivity index (χ4v) is 3.13. The van der Waals surface area contributed by atoms with E-state index in [2.05, 4.69) is 10.2 Å². The van der Waals surface area contributed by atoms with Gasteiger partial charge in [0.1, 0.15) is 11.6 Å². The van der Waals surface area contributed by atoms with Gasteiger partial charge in [0, 0.05) is 37.8 Å². The smallest absolute Gasteiger partial charge is 0.149 e. The van der Waals surface area contributed by atoms with E-state index in [1.54, 1.807) is 0 Å². The van der Waals surface area contributed by atoms with Crippen molar-refractivity contribution in [3.05, 3.63) is 34.4 Å². The lowest BCUT2D eigenvalue weighted by Gasteiger charge is -2.35. The van der Waals surface area contributed by atoms with Crippen LogP contribution in [0.25, 0.3) is 0 Å². The van der Waals surface area contributed by atoms with Crippen molar-refractivity contribution in [1.29, 1.82) is 0 Å². The van der Waals surface area contributed by atoms with Crippen LogP contribution in [-0.2, 0) is 0 Å². The number of piperazine rings is 1. The zero-order valence-corrected chi connectivity index (χ0v) is 14.5. The van der Waals surface area contributed by atoms with Crippen molar-refractivity contribution in [3.8, 4) is 0 Å². The highest BCUT2D eigenvalue weighted by Crippen LogP contribution is 2.42. The third kappa shape index (κ3) is 4.45. The summed E-state index contributed by atoms with van der Waals surface area (Å²) in [6.07, 6.45) is 3.17. The van der Waals surface area contributed by atoms with Crippen molar-refractivity contribution >= 4 is 36.4 Å². The molecule has 0 amide bonds. The van der Waals surface area contributed by atoms with E-state index in [0.29, 0.717) is 5.92 Å². The first-order valence-electron chi connectivity index (χ1n) is 7.25. The van der Waals surface area contributed by atoms with Crippen molar-refractivity contribution in [3.63, 3.8) is 0 Å². The Kier molecular flexibility index (Phi) is 7.83. The van der Waals surface area contributed by atoms with Crippen molar-refractivity contribution in [2.75, 3.05) is 26.2 Å². The second-order valence-corrected chi connectivity index (χ2v) is 6.14. The van der Waals surface area contributed by atoms with E-state index in [9.17, 15) is 8.78 Å². The first-order chi connectivity index (χ1) is 9.66. The van der Waals surface area contributed by atoms with Gasteiger partial charge >= 0.3 is 0 Å². The molecule has 1 N–H and O–H groups in total. The van der Waals surface area contributed by atoms with Gasteiger partial charge in [-0.25, -0.2) is 8.78 Å². The maximum atomic E-state index is 14.3. The molecule has 1 heterocycles. The van der Waals surface area contributed by atoms with E-state index in [1.807, 2.05) is 0 Å². The lowest BCUT2D eigenvalue weighted by molar-refractivity contribution is 0.154. The number of nitrogens with zero attached hydrogens (tertiary/aromatic N) is 1. The topological polar surface area (TPSA) is 15.3 Å².